The standard InChI is InChI=1S/C21H22ClN3O3/c1-14-10-20(25(24-14)18-8-5-7-17(22)12-18)23-21(26)15(2)28-13-16-6-4-9-19(11-16)27-3/h4-12,15H,13H2,1-3H3,(H,23,26). The average Bonchev–Trinajstić information content (AvgIpc) is 3.06. The third-order valence-corrected chi connectivity index (χ3v) is 4.37. The van der Waals surface area contributed by atoms with Crippen LogP contribution in [0.5, 0.6) is 5.75 Å². The van der Waals surface area contributed by atoms with E-state index in [1.54, 1.807) is 36.9 Å². The molecule has 0 aliphatic rings. The Hall–Kier alpha value is -2.83. The summed E-state index contributed by atoms with van der Waals surface area (Å²) in [6.45, 7) is 3.88. The van der Waals surface area contributed by atoms with Gasteiger partial charge in [-0.1, -0.05) is 29.8 Å². The van der Waals surface area contributed by atoms with Gasteiger partial charge >= 0.3 is 0 Å². The molecular formula is C21H22ClN3O3. The molecule has 0 spiro atoms. The van der Waals surface area contributed by atoms with Crippen LogP contribution in [0, 0.1) is 6.92 Å². The maximum absolute atomic E-state index is 12.6. The molecule has 1 unspecified atom stereocenters. The van der Waals surface area contributed by atoms with E-state index in [1.165, 1.54) is 0 Å². The van der Waals surface area contributed by atoms with Crippen LogP contribution in [0.25, 0.3) is 5.69 Å². The van der Waals surface area contributed by atoms with Crippen LogP contribution in [0.3, 0.4) is 0 Å². The van der Waals surface area contributed by atoms with Crippen molar-refractivity contribution in [3.05, 3.63) is 70.9 Å². The Bertz CT molecular complexity index is 971. The van der Waals surface area contributed by atoms with E-state index in [0.29, 0.717) is 17.4 Å². The second-order valence-electron chi connectivity index (χ2n) is 6.36. The summed E-state index contributed by atoms with van der Waals surface area (Å²) in [7, 11) is 1.61. The first-order valence-electron chi connectivity index (χ1n) is 8.84. The Morgan fingerprint density at radius 1 is 1.21 bits per heavy atom. The van der Waals surface area contributed by atoms with E-state index in [2.05, 4.69) is 10.4 Å². The van der Waals surface area contributed by atoms with Crippen molar-refractivity contribution in [1.82, 2.24) is 9.78 Å². The number of benzene rings is 2. The van der Waals surface area contributed by atoms with E-state index in [-0.39, 0.29) is 5.91 Å². The van der Waals surface area contributed by atoms with Gasteiger partial charge in [0.25, 0.3) is 5.91 Å². The number of nitrogens with one attached hydrogen (secondary N) is 1. The van der Waals surface area contributed by atoms with E-state index in [1.807, 2.05) is 43.3 Å². The number of halogens is 1. The zero-order chi connectivity index (χ0) is 20.1. The molecule has 3 rings (SSSR count). The molecule has 1 N–H and O–H groups in total. The zero-order valence-corrected chi connectivity index (χ0v) is 16.7. The number of carbonyl (C=O) groups excluding carboxylic acids is 1. The van der Waals surface area contributed by atoms with Gasteiger partial charge in [-0.25, -0.2) is 4.68 Å². The number of hydrogen-bond donors (Lipinski definition) is 1. The molecule has 1 aromatic heterocycles. The normalized spacial score (nSPS) is 11.9. The lowest BCUT2D eigenvalue weighted by atomic mass is 10.2. The van der Waals surface area contributed by atoms with Crippen LogP contribution in [0.15, 0.2) is 54.6 Å². The van der Waals surface area contributed by atoms with E-state index in [9.17, 15) is 4.79 Å². The van der Waals surface area contributed by atoms with Crippen LogP contribution in [-0.4, -0.2) is 28.9 Å². The van der Waals surface area contributed by atoms with Gasteiger partial charge in [-0.2, -0.15) is 5.10 Å². The van der Waals surface area contributed by atoms with Crippen LogP contribution in [0.4, 0.5) is 5.82 Å². The van der Waals surface area contributed by atoms with Crippen LogP contribution < -0.4 is 10.1 Å². The quantitative estimate of drug-likeness (QED) is 0.640. The largest absolute Gasteiger partial charge is 0.497 e. The Morgan fingerprint density at radius 3 is 2.75 bits per heavy atom. The van der Waals surface area contributed by atoms with E-state index >= 15 is 0 Å². The van der Waals surface area contributed by atoms with Gasteiger partial charge in [0.15, 0.2) is 0 Å². The summed E-state index contributed by atoms with van der Waals surface area (Å²) in [6.07, 6.45) is -0.644. The Labute approximate surface area is 169 Å². The van der Waals surface area contributed by atoms with Gasteiger partial charge in [-0.3, -0.25) is 4.79 Å². The molecule has 0 saturated heterocycles. The van der Waals surface area contributed by atoms with Gasteiger partial charge < -0.3 is 14.8 Å². The van der Waals surface area contributed by atoms with E-state index in [4.69, 9.17) is 21.1 Å². The molecule has 1 atom stereocenters. The first kappa shape index (κ1) is 19.9. The lowest BCUT2D eigenvalue weighted by Crippen LogP contribution is -2.28. The lowest BCUT2D eigenvalue weighted by Gasteiger charge is -2.15. The fourth-order valence-corrected chi connectivity index (χ4v) is 2.86. The van der Waals surface area contributed by atoms with Gasteiger partial charge in [-0.15, -0.1) is 0 Å². The van der Waals surface area contributed by atoms with Crippen LogP contribution >= 0.6 is 11.6 Å². The first-order valence-corrected chi connectivity index (χ1v) is 9.22. The maximum atomic E-state index is 12.6. The highest BCUT2D eigenvalue weighted by Crippen LogP contribution is 2.21. The number of hydrogen-bond acceptors (Lipinski definition) is 4. The number of aryl methyl sites for hydroxylation is 1. The van der Waals surface area contributed by atoms with Crippen molar-refractivity contribution in [2.24, 2.45) is 0 Å². The molecular weight excluding hydrogens is 378 g/mol. The summed E-state index contributed by atoms with van der Waals surface area (Å²) in [6, 6.07) is 16.6. The minimum atomic E-state index is -0.644. The summed E-state index contributed by atoms with van der Waals surface area (Å²) in [5, 5.41) is 7.91. The lowest BCUT2D eigenvalue weighted by molar-refractivity contribution is -0.127. The average molecular weight is 400 g/mol. The van der Waals surface area contributed by atoms with Gasteiger partial charge in [0, 0.05) is 11.1 Å². The molecule has 6 nitrogen and oxygen atoms in total. The second-order valence-corrected chi connectivity index (χ2v) is 6.79. The van der Waals surface area contributed by atoms with Crippen molar-refractivity contribution in [2.45, 2.75) is 26.6 Å². The van der Waals surface area contributed by atoms with Crippen LogP contribution in [-0.2, 0) is 16.1 Å². The molecule has 1 heterocycles. The fourth-order valence-electron chi connectivity index (χ4n) is 2.68. The highest BCUT2D eigenvalue weighted by atomic mass is 35.5. The molecule has 2 aromatic carbocycles. The number of aromatic nitrogens is 2. The van der Waals surface area contributed by atoms with Crippen molar-refractivity contribution >= 4 is 23.3 Å². The number of ether oxygens (including phenoxy) is 2. The number of rotatable bonds is 7. The van der Waals surface area contributed by atoms with Crippen molar-refractivity contribution in [3.63, 3.8) is 0 Å². The zero-order valence-electron chi connectivity index (χ0n) is 16.0. The molecule has 0 saturated carbocycles. The SMILES string of the molecule is COc1cccc(COC(C)C(=O)Nc2cc(C)nn2-c2cccc(Cl)c2)c1. The molecule has 7 heteroatoms. The molecule has 0 fully saturated rings. The summed E-state index contributed by atoms with van der Waals surface area (Å²) < 4.78 is 12.6. The van der Waals surface area contributed by atoms with Crippen molar-refractivity contribution < 1.29 is 14.3 Å². The number of methoxy groups -OCH3 is 1. The number of carbonyl (C=O) groups is 1. The Balaban J connectivity index is 1.67. The first-order chi connectivity index (χ1) is 13.5. The summed E-state index contributed by atoms with van der Waals surface area (Å²) in [5.41, 5.74) is 2.47. The highest BCUT2D eigenvalue weighted by Gasteiger charge is 2.17. The number of nitrogens with zero attached hydrogens (tertiary/aromatic N) is 2. The molecule has 1 amide bonds. The molecule has 28 heavy (non-hydrogen) atoms. The van der Waals surface area contributed by atoms with Crippen LogP contribution in [0.1, 0.15) is 18.2 Å². The van der Waals surface area contributed by atoms with Crippen molar-refractivity contribution in [1.29, 1.82) is 0 Å². The van der Waals surface area contributed by atoms with E-state index < -0.39 is 6.10 Å². The molecule has 0 aliphatic heterocycles. The number of amides is 1. The fraction of sp³-hybridized carbons (Fsp3) is 0.238. The molecule has 3 aromatic rings. The topological polar surface area (TPSA) is 65.4 Å². The molecule has 0 aliphatic carbocycles. The minimum absolute atomic E-state index is 0.258. The van der Waals surface area contributed by atoms with Crippen molar-refractivity contribution in [2.75, 3.05) is 12.4 Å². The Kier molecular flexibility index (Phi) is 6.34. The predicted molar refractivity (Wildman–Crippen MR) is 109 cm³/mol. The molecule has 0 bridgehead atoms. The smallest absolute Gasteiger partial charge is 0.254 e. The maximum Gasteiger partial charge on any atom is 0.254 e. The van der Waals surface area contributed by atoms with Crippen molar-refractivity contribution in [3.8, 4) is 11.4 Å². The van der Waals surface area contributed by atoms with E-state index in [0.717, 1.165) is 22.7 Å². The summed E-state index contributed by atoms with van der Waals surface area (Å²) >= 11 is 6.07. The minimum Gasteiger partial charge on any atom is -0.497 e. The monoisotopic (exact) mass is 399 g/mol. The second kappa shape index (κ2) is 8.91. The molecule has 146 valence electrons. The van der Waals surface area contributed by atoms with Gasteiger partial charge in [0.1, 0.15) is 17.7 Å². The van der Waals surface area contributed by atoms with Crippen LogP contribution in [0.2, 0.25) is 5.02 Å². The highest BCUT2D eigenvalue weighted by molar-refractivity contribution is 6.30. The summed E-state index contributed by atoms with van der Waals surface area (Å²) in [4.78, 5) is 12.6. The third-order valence-electron chi connectivity index (χ3n) is 4.14. The third kappa shape index (κ3) is 4.91. The van der Waals surface area contributed by atoms with Gasteiger partial charge in [-0.05, 0) is 49.7 Å². The Morgan fingerprint density at radius 2 is 2.00 bits per heavy atom. The predicted octanol–water partition coefficient (Wildman–Crippen LogP) is 4.39. The molecule has 0 radical (unpaired) electrons. The van der Waals surface area contributed by atoms with Gasteiger partial charge in [0.05, 0.1) is 25.1 Å². The number of anilines is 1. The summed E-state index contributed by atoms with van der Waals surface area (Å²) in [5.74, 6) is 1.05. The van der Waals surface area contributed by atoms with Gasteiger partial charge in [0.2, 0.25) is 0 Å².